The summed E-state index contributed by atoms with van der Waals surface area (Å²) in [5.41, 5.74) is 2.58. The number of ether oxygens (including phenoxy) is 1. The number of rotatable bonds is 5. The van der Waals surface area contributed by atoms with E-state index in [1.54, 1.807) is 36.4 Å². The Labute approximate surface area is 200 Å². The van der Waals surface area contributed by atoms with Crippen molar-refractivity contribution in [3.63, 3.8) is 0 Å². The number of hydrogen-bond acceptors (Lipinski definition) is 5. The van der Waals surface area contributed by atoms with Crippen molar-refractivity contribution in [3.8, 4) is 11.3 Å². The van der Waals surface area contributed by atoms with Crippen LogP contribution < -0.4 is 4.80 Å². The first-order valence-electron chi connectivity index (χ1n) is 10.3. The lowest BCUT2D eigenvalue weighted by molar-refractivity contribution is 0.0730. The summed E-state index contributed by atoms with van der Waals surface area (Å²) in [4.78, 5) is 5.93. The average molecular weight is 510 g/mol. The number of aromatic nitrogens is 1. The van der Waals surface area contributed by atoms with Crippen molar-refractivity contribution in [3.05, 3.63) is 62.7 Å². The number of halogens is 2. The first kappa shape index (κ1) is 22.1. The van der Waals surface area contributed by atoms with E-state index in [4.69, 9.17) is 32.9 Å². The lowest BCUT2D eigenvalue weighted by Crippen LogP contribution is -2.40. The highest BCUT2D eigenvalue weighted by Crippen LogP contribution is 2.40. The summed E-state index contributed by atoms with van der Waals surface area (Å²) in [5.74, 6) is 0. The summed E-state index contributed by atoms with van der Waals surface area (Å²) < 4.78 is 34.6. The molecular formula is C22H21Cl2N3O3S2. The molecule has 0 amide bonds. The molecule has 0 spiro atoms. The second-order valence-corrected chi connectivity index (χ2v) is 11.4. The van der Waals surface area contributed by atoms with Gasteiger partial charge in [-0.25, -0.2) is 13.4 Å². The fourth-order valence-corrected chi connectivity index (χ4v) is 6.49. The van der Waals surface area contributed by atoms with Gasteiger partial charge < -0.3 is 9.30 Å². The van der Waals surface area contributed by atoms with Gasteiger partial charge in [-0.1, -0.05) is 23.2 Å². The minimum absolute atomic E-state index is 0.269. The maximum absolute atomic E-state index is 12.8. The van der Waals surface area contributed by atoms with Gasteiger partial charge in [0.2, 0.25) is 10.0 Å². The van der Waals surface area contributed by atoms with Crippen molar-refractivity contribution in [2.45, 2.75) is 23.8 Å². The smallest absolute Gasteiger partial charge is 0.243 e. The van der Waals surface area contributed by atoms with Crippen LogP contribution in [0.25, 0.3) is 11.3 Å². The van der Waals surface area contributed by atoms with Crippen LogP contribution in [0.15, 0.2) is 57.7 Å². The molecule has 0 bridgehead atoms. The predicted molar refractivity (Wildman–Crippen MR) is 127 cm³/mol. The zero-order valence-corrected chi connectivity index (χ0v) is 20.2. The number of benzene rings is 2. The summed E-state index contributed by atoms with van der Waals surface area (Å²) in [6.45, 7) is 1.59. The highest BCUT2D eigenvalue weighted by atomic mass is 35.5. The molecule has 0 N–H and O–H groups in total. The molecule has 10 heteroatoms. The lowest BCUT2D eigenvalue weighted by Gasteiger charge is -2.26. The molecule has 6 nitrogen and oxygen atoms in total. The molecule has 5 rings (SSSR count). The van der Waals surface area contributed by atoms with Crippen molar-refractivity contribution >= 4 is 50.2 Å². The van der Waals surface area contributed by atoms with Gasteiger partial charge in [0, 0.05) is 35.1 Å². The lowest BCUT2D eigenvalue weighted by atomic mass is 10.1. The molecule has 0 radical (unpaired) electrons. The normalized spacial score (nSPS) is 18.2. The van der Waals surface area contributed by atoms with Crippen molar-refractivity contribution in [1.82, 2.24) is 8.87 Å². The predicted octanol–water partition coefficient (Wildman–Crippen LogP) is 5.11. The Morgan fingerprint density at radius 2 is 1.75 bits per heavy atom. The Morgan fingerprint density at radius 1 is 1.03 bits per heavy atom. The van der Waals surface area contributed by atoms with E-state index in [9.17, 15) is 8.42 Å². The molecule has 1 aliphatic carbocycles. The Balaban J connectivity index is 1.49. The van der Waals surface area contributed by atoms with Gasteiger partial charge in [0.1, 0.15) is 0 Å². The van der Waals surface area contributed by atoms with Gasteiger partial charge in [-0.2, -0.15) is 4.31 Å². The quantitative estimate of drug-likeness (QED) is 0.479. The van der Waals surface area contributed by atoms with E-state index >= 15 is 0 Å². The third-order valence-corrected chi connectivity index (χ3v) is 8.84. The zero-order valence-electron chi connectivity index (χ0n) is 17.1. The maximum Gasteiger partial charge on any atom is 0.243 e. The Bertz CT molecular complexity index is 1310. The minimum atomic E-state index is -3.52. The van der Waals surface area contributed by atoms with Crippen LogP contribution in [-0.4, -0.2) is 43.6 Å². The van der Waals surface area contributed by atoms with Gasteiger partial charge in [0.25, 0.3) is 0 Å². The van der Waals surface area contributed by atoms with Crippen LogP contribution in [0, 0.1) is 0 Å². The van der Waals surface area contributed by atoms with Crippen LogP contribution in [0.4, 0.5) is 5.69 Å². The molecule has 32 heavy (non-hydrogen) atoms. The van der Waals surface area contributed by atoms with Crippen LogP contribution in [0.5, 0.6) is 0 Å². The van der Waals surface area contributed by atoms with Gasteiger partial charge in [-0.05, 0) is 55.3 Å². The standard InChI is InChI=1S/C22H21Cl2N3O3S2/c23-15-1-8-20(24)19(13-15)21-14-31-22(27(21)17-4-5-17)25-16-2-6-18(7-3-16)32(28,29)26-9-11-30-12-10-26/h1-3,6-8,13-14,17H,4-5,9-12H2. The fraction of sp³-hybridized carbons (Fsp3) is 0.318. The Kier molecular flexibility index (Phi) is 6.17. The molecule has 0 atom stereocenters. The number of sulfonamides is 1. The van der Waals surface area contributed by atoms with Gasteiger partial charge >= 0.3 is 0 Å². The second-order valence-electron chi connectivity index (χ2n) is 7.75. The van der Waals surface area contributed by atoms with E-state index in [0.29, 0.717) is 48.1 Å². The van der Waals surface area contributed by atoms with E-state index in [0.717, 1.165) is 28.9 Å². The molecule has 0 unspecified atom stereocenters. The summed E-state index contributed by atoms with van der Waals surface area (Å²) in [6, 6.07) is 12.6. The molecule has 2 heterocycles. The molecule has 1 aliphatic heterocycles. The van der Waals surface area contributed by atoms with Crippen LogP contribution in [-0.2, 0) is 14.8 Å². The third kappa shape index (κ3) is 4.40. The molecule has 168 valence electrons. The molecule has 2 aromatic carbocycles. The van der Waals surface area contributed by atoms with Crippen molar-refractivity contribution < 1.29 is 13.2 Å². The van der Waals surface area contributed by atoms with Gasteiger partial charge in [-0.15, -0.1) is 11.3 Å². The number of nitrogens with zero attached hydrogens (tertiary/aromatic N) is 3. The van der Waals surface area contributed by atoms with Crippen LogP contribution in [0.1, 0.15) is 18.9 Å². The largest absolute Gasteiger partial charge is 0.379 e. The molecule has 1 saturated heterocycles. The molecule has 1 aromatic heterocycles. The summed E-state index contributed by atoms with van der Waals surface area (Å²) in [7, 11) is -3.52. The van der Waals surface area contributed by atoms with Crippen LogP contribution in [0.3, 0.4) is 0 Å². The SMILES string of the molecule is O=S(=O)(c1ccc(N=c2scc(-c3cc(Cl)ccc3Cl)n2C2CC2)cc1)N1CCOCC1. The van der Waals surface area contributed by atoms with E-state index < -0.39 is 10.0 Å². The average Bonchev–Trinajstić information content (AvgIpc) is 3.56. The summed E-state index contributed by atoms with van der Waals surface area (Å²) >= 11 is 14.2. The van der Waals surface area contributed by atoms with E-state index in [1.807, 2.05) is 11.4 Å². The van der Waals surface area contributed by atoms with Crippen molar-refractivity contribution in [2.24, 2.45) is 4.99 Å². The van der Waals surface area contributed by atoms with Gasteiger partial charge in [0.15, 0.2) is 4.80 Å². The van der Waals surface area contributed by atoms with Gasteiger partial charge in [0.05, 0.1) is 34.5 Å². The Morgan fingerprint density at radius 3 is 2.44 bits per heavy atom. The first-order chi connectivity index (χ1) is 15.4. The van der Waals surface area contributed by atoms with Gasteiger partial charge in [-0.3, -0.25) is 0 Å². The maximum atomic E-state index is 12.8. The van der Waals surface area contributed by atoms with Crippen LogP contribution in [0.2, 0.25) is 10.0 Å². The second kappa shape index (κ2) is 8.93. The first-order valence-corrected chi connectivity index (χ1v) is 13.4. The van der Waals surface area contributed by atoms with Crippen LogP contribution >= 0.6 is 34.5 Å². The molecule has 1 saturated carbocycles. The topological polar surface area (TPSA) is 63.9 Å². The third-order valence-electron chi connectivity index (χ3n) is 5.53. The number of morpholine rings is 1. The van der Waals surface area contributed by atoms with Crippen molar-refractivity contribution in [2.75, 3.05) is 26.3 Å². The zero-order chi connectivity index (χ0) is 22.3. The van der Waals surface area contributed by atoms with E-state index in [2.05, 4.69) is 4.57 Å². The summed E-state index contributed by atoms with van der Waals surface area (Å²) in [5, 5.41) is 3.32. The Hall–Kier alpha value is -1.68. The number of thiazole rings is 1. The molecule has 3 aromatic rings. The van der Waals surface area contributed by atoms with Crippen molar-refractivity contribution in [1.29, 1.82) is 0 Å². The monoisotopic (exact) mass is 509 g/mol. The molecular weight excluding hydrogens is 489 g/mol. The highest BCUT2D eigenvalue weighted by Gasteiger charge is 2.28. The van der Waals surface area contributed by atoms with E-state index in [-0.39, 0.29) is 4.90 Å². The van der Waals surface area contributed by atoms with E-state index in [1.165, 1.54) is 15.6 Å². The minimum Gasteiger partial charge on any atom is -0.379 e. The summed E-state index contributed by atoms with van der Waals surface area (Å²) in [6.07, 6.45) is 2.18. The highest BCUT2D eigenvalue weighted by molar-refractivity contribution is 7.89. The number of hydrogen-bond donors (Lipinski definition) is 0. The fourth-order valence-electron chi connectivity index (χ4n) is 3.72. The molecule has 2 fully saturated rings. The molecule has 2 aliphatic rings.